The molecule has 0 aromatic carbocycles. The van der Waals surface area contributed by atoms with Crippen molar-refractivity contribution in [2.75, 3.05) is 6.61 Å². The number of unbranched alkanes of at least 4 members (excludes halogenated alkanes) is 4. The highest BCUT2D eigenvalue weighted by Crippen LogP contribution is 2.28. The average Bonchev–Trinajstić information content (AvgIpc) is 2.29. The summed E-state index contributed by atoms with van der Waals surface area (Å²) in [5.41, 5.74) is 0. The molecule has 0 amide bonds. The van der Waals surface area contributed by atoms with Gasteiger partial charge in [0.1, 0.15) is 5.02 Å². The van der Waals surface area contributed by atoms with E-state index in [4.69, 9.17) is 27.9 Å². The van der Waals surface area contributed by atoms with Crippen molar-refractivity contribution in [3.05, 3.63) is 16.2 Å². The molecule has 0 aliphatic rings. The van der Waals surface area contributed by atoms with Crippen molar-refractivity contribution in [3.8, 4) is 5.88 Å². The molecule has 0 unspecified atom stereocenters. The van der Waals surface area contributed by atoms with Crippen LogP contribution in [0.3, 0.4) is 0 Å². The van der Waals surface area contributed by atoms with Gasteiger partial charge >= 0.3 is 0 Å². The summed E-state index contributed by atoms with van der Waals surface area (Å²) >= 11 is 11.7. The zero-order chi connectivity index (χ0) is 11.8. The molecule has 0 spiro atoms. The first kappa shape index (κ1) is 13.5. The summed E-state index contributed by atoms with van der Waals surface area (Å²) in [7, 11) is 0. The normalized spacial score (nSPS) is 10.4. The summed E-state index contributed by atoms with van der Waals surface area (Å²) in [5, 5.41) is 8.18. The minimum atomic E-state index is 0.324. The van der Waals surface area contributed by atoms with Crippen molar-refractivity contribution in [2.45, 2.75) is 39.0 Å². The lowest BCUT2D eigenvalue weighted by Gasteiger charge is -2.06. The molecule has 1 heterocycles. The van der Waals surface area contributed by atoms with Crippen LogP contribution in [0.5, 0.6) is 5.88 Å². The molecule has 0 aliphatic heterocycles. The quantitative estimate of drug-likeness (QED) is 0.693. The van der Waals surface area contributed by atoms with E-state index in [1.165, 1.54) is 31.9 Å². The van der Waals surface area contributed by atoms with E-state index in [2.05, 4.69) is 17.1 Å². The van der Waals surface area contributed by atoms with Crippen molar-refractivity contribution in [1.82, 2.24) is 10.2 Å². The zero-order valence-electron chi connectivity index (χ0n) is 9.38. The molecule has 0 fully saturated rings. The first-order valence-electron chi connectivity index (χ1n) is 5.55. The number of hydrogen-bond donors (Lipinski definition) is 0. The maximum Gasteiger partial charge on any atom is 0.253 e. The van der Waals surface area contributed by atoms with Gasteiger partial charge in [0, 0.05) is 0 Å². The number of hydrogen-bond acceptors (Lipinski definition) is 3. The smallest absolute Gasteiger partial charge is 0.253 e. The highest BCUT2D eigenvalue weighted by Gasteiger charge is 2.07. The second-order valence-corrected chi connectivity index (χ2v) is 4.36. The van der Waals surface area contributed by atoms with Crippen LogP contribution in [0.1, 0.15) is 39.0 Å². The summed E-state index contributed by atoms with van der Waals surface area (Å²) in [6.07, 6.45) is 7.33. The SMILES string of the molecule is CCCCCCCOc1nncc(Cl)c1Cl. The molecule has 0 bridgehead atoms. The van der Waals surface area contributed by atoms with Gasteiger partial charge in [-0.25, -0.2) is 0 Å². The Morgan fingerprint density at radius 3 is 2.69 bits per heavy atom. The van der Waals surface area contributed by atoms with Gasteiger partial charge in [0.25, 0.3) is 5.88 Å². The third-order valence-electron chi connectivity index (χ3n) is 2.20. The maximum atomic E-state index is 5.90. The Balaban J connectivity index is 2.24. The lowest BCUT2D eigenvalue weighted by molar-refractivity contribution is 0.290. The molecule has 0 saturated carbocycles. The molecule has 0 radical (unpaired) electrons. The number of nitrogens with zero attached hydrogens (tertiary/aromatic N) is 2. The number of ether oxygens (including phenoxy) is 1. The number of aromatic nitrogens is 2. The zero-order valence-corrected chi connectivity index (χ0v) is 10.9. The lowest BCUT2D eigenvalue weighted by atomic mass is 10.2. The summed E-state index contributed by atoms with van der Waals surface area (Å²) < 4.78 is 5.41. The van der Waals surface area contributed by atoms with Gasteiger partial charge in [0.05, 0.1) is 17.8 Å². The second-order valence-electron chi connectivity index (χ2n) is 3.57. The summed E-state index contributed by atoms with van der Waals surface area (Å²) in [6.45, 7) is 2.80. The highest BCUT2D eigenvalue weighted by molar-refractivity contribution is 6.42. The Bertz CT molecular complexity index is 321. The molecule has 1 aromatic heterocycles. The van der Waals surface area contributed by atoms with Crippen LogP contribution in [0.15, 0.2) is 6.20 Å². The molecule has 16 heavy (non-hydrogen) atoms. The third kappa shape index (κ3) is 4.54. The van der Waals surface area contributed by atoms with E-state index in [0.717, 1.165) is 6.42 Å². The molecule has 0 saturated heterocycles. The molecule has 1 rings (SSSR count). The third-order valence-corrected chi connectivity index (χ3v) is 2.95. The topological polar surface area (TPSA) is 35.0 Å². The standard InChI is InChI=1S/C11H16Cl2N2O/c1-2-3-4-5-6-7-16-11-10(13)9(12)8-14-15-11/h8H,2-7H2,1H3. The summed E-state index contributed by atoms with van der Waals surface area (Å²) in [6, 6.07) is 0. The van der Waals surface area contributed by atoms with Crippen LogP contribution in [-0.2, 0) is 0 Å². The van der Waals surface area contributed by atoms with Crippen LogP contribution in [0, 0.1) is 0 Å². The van der Waals surface area contributed by atoms with Gasteiger partial charge in [-0.1, -0.05) is 55.8 Å². The minimum Gasteiger partial charge on any atom is -0.476 e. The monoisotopic (exact) mass is 262 g/mol. The van der Waals surface area contributed by atoms with Crippen molar-refractivity contribution in [3.63, 3.8) is 0 Å². The van der Waals surface area contributed by atoms with Crippen LogP contribution in [-0.4, -0.2) is 16.8 Å². The Morgan fingerprint density at radius 2 is 1.94 bits per heavy atom. The molecule has 0 atom stereocenters. The Kier molecular flexibility index (Phi) is 6.50. The second kappa shape index (κ2) is 7.69. The predicted molar refractivity (Wildman–Crippen MR) is 66.3 cm³/mol. The van der Waals surface area contributed by atoms with Crippen molar-refractivity contribution < 1.29 is 4.74 Å². The highest BCUT2D eigenvalue weighted by atomic mass is 35.5. The molecular formula is C11H16Cl2N2O. The van der Waals surface area contributed by atoms with Gasteiger partial charge in [-0.15, -0.1) is 5.10 Å². The Hall–Kier alpha value is -0.540. The fraction of sp³-hybridized carbons (Fsp3) is 0.636. The first-order chi connectivity index (χ1) is 7.75. The van der Waals surface area contributed by atoms with E-state index >= 15 is 0 Å². The molecule has 0 N–H and O–H groups in total. The van der Waals surface area contributed by atoms with E-state index in [1.54, 1.807) is 0 Å². The van der Waals surface area contributed by atoms with Gasteiger partial charge < -0.3 is 4.74 Å². The van der Waals surface area contributed by atoms with Crippen molar-refractivity contribution in [1.29, 1.82) is 0 Å². The molecule has 90 valence electrons. The fourth-order valence-electron chi connectivity index (χ4n) is 1.30. The molecule has 5 heteroatoms. The minimum absolute atomic E-state index is 0.324. The van der Waals surface area contributed by atoms with E-state index in [0.29, 0.717) is 22.5 Å². The van der Waals surface area contributed by atoms with E-state index in [-0.39, 0.29) is 0 Å². The lowest BCUT2D eigenvalue weighted by Crippen LogP contribution is -2.00. The summed E-state index contributed by atoms with van der Waals surface area (Å²) in [5.74, 6) is 0.324. The van der Waals surface area contributed by atoms with Crippen LogP contribution >= 0.6 is 23.2 Å². The van der Waals surface area contributed by atoms with Gasteiger partial charge in [-0.05, 0) is 6.42 Å². The van der Waals surface area contributed by atoms with Gasteiger partial charge in [0.15, 0.2) is 0 Å². The molecule has 3 nitrogen and oxygen atoms in total. The van der Waals surface area contributed by atoms with Crippen LogP contribution in [0.2, 0.25) is 10.0 Å². The van der Waals surface area contributed by atoms with Crippen LogP contribution in [0.4, 0.5) is 0 Å². The van der Waals surface area contributed by atoms with E-state index in [1.807, 2.05) is 0 Å². The van der Waals surface area contributed by atoms with Crippen LogP contribution < -0.4 is 4.74 Å². The van der Waals surface area contributed by atoms with Gasteiger partial charge in [-0.3, -0.25) is 0 Å². The molecular weight excluding hydrogens is 247 g/mol. The fourth-order valence-corrected chi connectivity index (χ4v) is 1.57. The predicted octanol–water partition coefficient (Wildman–Crippen LogP) is 4.13. The van der Waals surface area contributed by atoms with E-state index < -0.39 is 0 Å². The first-order valence-corrected chi connectivity index (χ1v) is 6.30. The summed E-state index contributed by atoms with van der Waals surface area (Å²) in [4.78, 5) is 0. The van der Waals surface area contributed by atoms with Gasteiger partial charge in [0.2, 0.25) is 0 Å². The number of halogens is 2. The Labute approximate surface area is 106 Å². The van der Waals surface area contributed by atoms with Crippen molar-refractivity contribution >= 4 is 23.2 Å². The van der Waals surface area contributed by atoms with Crippen molar-refractivity contribution in [2.24, 2.45) is 0 Å². The number of rotatable bonds is 7. The largest absolute Gasteiger partial charge is 0.476 e. The molecule has 1 aromatic rings. The van der Waals surface area contributed by atoms with Crippen LogP contribution in [0.25, 0.3) is 0 Å². The maximum absolute atomic E-state index is 5.90. The van der Waals surface area contributed by atoms with Gasteiger partial charge in [-0.2, -0.15) is 5.10 Å². The van der Waals surface area contributed by atoms with E-state index in [9.17, 15) is 0 Å². The Morgan fingerprint density at radius 1 is 1.19 bits per heavy atom. The average molecular weight is 263 g/mol. The molecule has 0 aliphatic carbocycles.